The molecule has 0 aliphatic rings. The summed E-state index contributed by atoms with van der Waals surface area (Å²) in [6.45, 7) is 5.27. The third-order valence-corrected chi connectivity index (χ3v) is 10.3. The van der Waals surface area contributed by atoms with Crippen LogP contribution in [0.4, 0.5) is 0 Å². The largest absolute Gasteiger partial charge is 0.481 e. The summed E-state index contributed by atoms with van der Waals surface area (Å²) in [5.41, 5.74) is -2.08. The molecule has 0 aromatic rings. The van der Waals surface area contributed by atoms with Crippen molar-refractivity contribution < 1.29 is 32.8 Å². The highest BCUT2D eigenvalue weighted by atomic mass is 32.2. The van der Waals surface area contributed by atoms with Gasteiger partial charge in [0.2, 0.25) is 4.75 Å². The van der Waals surface area contributed by atoms with Gasteiger partial charge in [-0.25, -0.2) is 0 Å². The van der Waals surface area contributed by atoms with Gasteiger partial charge in [-0.2, -0.15) is 8.42 Å². The van der Waals surface area contributed by atoms with Crippen molar-refractivity contribution in [3.63, 3.8) is 0 Å². The van der Waals surface area contributed by atoms with E-state index in [4.69, 9.17) is 0 Å². The molecule has 0 radical (unpaired) electrons. The number of hydrogen-bond donors (Lipinski definition) is 3. The summed E-state index contributed by atoms with van der Waals surface area (Å²) in [5, 5.41) is 20.2. The molecular weight excluding hydrogens is 516 g/mol. The van der Waals surface area contributed by atoms with E-state index in [-0.39, 0.29) is 12.8 Å². The van der Waals surface area contributed by atoms with Gasteiger partial charge < -0.3 is 10.2 Å². The van der Waals surface area contributed by atoms with Crippen LogP contribution in [0.15, 0.2) is 0 Å². The Morgan fingerprint density at radius 2 is 0.769 bits per heavy atom. The number of rotatable bonds is 28. The van der Waals surface area contributed by atoms with Gasteiger partial charge in [-0.05, 0) is 19.8 Å². The van der Waals surface area contributed by atoms with E-state index in [1.165, 1.54) is 77.0 Å². The Labute approximate surface area is 239 Å². The average Bonchev–Trinajstić information content (AvgIpc) is 2.87. The number of hydrogen-bond acceptors (Lipinski definition) is 4. The maximum absolute atomic E-state index is 12.6. The Hall–Kier alpha value is -1.15. The van der Waals surface area contributed by atoms with Gasteiger partial charge in [0.25, 0.3) is 10.1 Å². The third-order valence-electron chi connectivity index (χ3n) is 8.66. The molecule has 39 heavy (non-hydrogen) atoms. The molecule has 0 saturated carbocycles. The minimum Gasteiger partial charge on any atom is -0.481 e. The van der Waals surface area contributed by atoms with Gasteiger partial charge in [-0.3, -0.25) is 14.1 Å². The second kappa shape index (κ2) is 21.6. The monoisotopic (exact) mass is 576 g/mol. The van der Waals surface area contributed by atoms with Gasteiger partial charge >= 0.3 is 11.9 Å². The summed E-state index contributed by atoms with van der Waals surface area (Å²) < 4.78 is 31.9. The topological polar surface area (TPSA) is 129 Å². The number of unbranched alkanes of at least 4 members (excludes halogenated alkanes) is 20. The Balaban J connectivity index is 4.93. The second-order valence-electron chi connectivity index (χ2n) is 11.8. The smallest absolute Gasteiger partial charge is 0.328 e. The van der Waals surface area contributed by atoms with Crippen LogP contribution in [0.2, 0.25) is 0 Å². The zero-order valence-corrected chi connectivity index (χ0v) is 26.2. The summed E-state index contributed by atoms with van der Waals surface area (Å²) in [6.07, 6.45) is 23.1. The van der Waals surface area contributed by atoms with Crippen LogP contribution >= 0.6 is 0 Å². The standard InChI is InChI=1S/C31H60O7S/c1-4-6-8-10-12-14-16-18-20-22-24-26-31(29(34)35,30(3,28(32)33)39(36,37)38)27-25-23-21-19-17-15-13-11-9-7-5-2/h4-27H2,1-3H3,(H,32,33)(H,34,35)(H,36,37,38). The molecule has 8 heteroatoms. The molecule has 0 amide bonds. The van der Waals surface area contributed by atoms with E-state index in [1.54, 1.807) is 0 Å². The summed E-state index contributed by atoms with van der Waals surface area (Å²) in [7, 11) is -5.18. The minimum atomic E-state index is -5.18. The van der Waals surface area contributed by atoms with E-state index < -0.39 is 32.2 Å². The maximum atomic E-state index is 12.6. The Morgan fingerprint density at radius 1 is 0.513 bits per heavy atom. The Morgan fingerprint density at radius 3 is 0.974 bits per heavy atom. The van der Waals surface area contributed by atoms with Gasteiger partial charge in [-0.1, -0.05) is 155 Å². The SMILES string of the molecule is CCCCCCCCCCCCCC(CCCCCCCCCCCCC)(C(=O)O)C(C)(C(=O)O)S(=O)(=O)O. The first-order valence-corrected chi connectivity index (χ1v) is 17.4. The fourth-order valence-electron chi connectivity index (χ4n) is 5.76. The molecular formula is C31H60O7S. The number of carboxylic acid groups (broad SMARTS) is 2. The molecule has 1 unspecified atom stereocenters. The van der Waals surface area contributed by atoms with E-state index in [0.29, 0.717) is 25.7 Å². The zero-order valence-electron chi connectivity index (χ0n) is 25.4. The van der Waals surface area contributed by atoms with Crippen molar-refractivity contribution in [2.24, 2.45) is 5.41 Å². The fraction of sp³-hybridized carbons (Fsp3) is 0.935. The highest BCUT2D eigenvalue weighted by molar-refractivity contribution is 7.88. The molecule has 0 aliphatic carbocycles. The first-order chi connectivity index (χ1) is 18.5. The van der Waals surface area contributed by atoms with Crippen LogP contribution in [0.5, 0.6) is 0 Å². The molecule has 3 N–H and O–H groups in total. The van der Waals surface area contributed by atoms with E-state index in [0.717, 1.165) is 45.4 Å². The van der Waals surface area contributed by atoms with E-state index in [9.17, 15) is 32.8 Å². The van der Waals surface area contributed by atoms with Crippen molar-refractivity contribution in [3.05, 3.63) is 0 Å². The van der Waals surface area contributed by atoms with Crippen molar-refractivity contribution in [2.75, 3.05) is 0 Å². The molecule has 0 fully saturated rings. The fourth-order valence-corrected chi connectivity index (χ4v) is 6.77. The molecule has 7 nitrogen and oxygen atoms in total. The lowest BCUT2D eigenvalue weighted by atomic mass is 9.68. The van der Waals surface area contributed by atoms with Crippen LogP contribution in [0, 0.1) is 5.41 Å². The lowest BCUT2D eigenvalue weighted by Gasteiger charge is -2.40. The lowest BCUT2D eigenvalue weighted by Crippen LogP contribution is -2.60. The molecule has 1 atom stereocenters. The van der Waals surface area contributed by atoms with Crippen LogP contribution in [0.3, 0.4) is 0 Å². The molecule has 0 bridgehead atoms. The van der Waals surface area contributed by atoms with Crippen LogP contribution in [0.1, 0.15) is 175 Å². The molecule has 0 rings (SSSR count). The van der Waals surface area contributed by atoms with Gasteiger partial charge in [0.15, 0.2) is 0 Å². The number of carbonyl (C=O) groups is 2. The molecule has 0 aromatic heterocycles. The van der Waals surface area contributed by atoms with Crippen molar-refractivity contribution in [2.45, 2.75) is 180 Å². The van der Waals surface area contributed by atoms with Crippen molar-refractivity contribution in [1.29, 1.82) is 0 Å². The highest BCUT2D eigenvalue weighted by Gasteiger charge is 2.65. The normalized spacial score (nSPS) is 13.8. The van der Waals surface area contributed by atoms with Gasteiger partial charge in [0, 0.05) is 0 Å². The molecule has 0 spiro atoms. The van der Waals surface area contributed by atoms with E-state index in [2.05, 4.69) is 13.8 Å². The molecule has 0 aromatic carbocycles. The molecule has 0 saturated heterocycles. The van der Waals surface area contributed by atoms with Crippen LogP contribution in [-0.2, 0) is 19.7 Å². The summed E-state index contributed by atoms with van der Waals surface area (Å²) in [6, 6.07) is 0. The summed E-state index contributed by atoms with van der Waals surface area (Å²) in [4.78, 5) is 24.8. The first kappa shape index (κ1) is 37.9. The Bertz CT molecular complexity index is 724. The van der Waals surface area contributed by atoms with Gasteiger partial charge in [0.05, 0.1) is 0 Å². The quantitative estimate of drug-likeness (QED) is 0.0625. The lowest BCUT2D eigenvalue weighted by molar-refractivity contribution is -0.161. The predicted octanol–water partition coefficient (Wildman–Crippen LogP) is 9.19. The third kappa shape index (κ3) is 13.8. The van der Waals surface area contributed by atoms with Crippen LogP contribution in [0.25, 0.3) is 0 Å². The minimum absolute atomic E-state index is 0.0836. The van der Waals surface area contributed by atoms with E-state index >= 15 is 0 Å². The van der Waals surface area contributed by atoms with Crippen molar-refractivity contribution in [3.8, 4) is 0 Å². The predicted molar refractivity (Wildman–Crippen MR) is 160 cm³/mol. The van der Waals surface area contributed by atoms with Crippen molar-refractivity contribution >= 4 is 22.1 Å². The molecule has 0 heterocycles. The Kier molecular flexibility index (Phi) is 20.9. The summed E-state index contributed by atoms with van der Waals surface area (Å²) >= 11 is 0. The maximum Gasteiger partial charge on any atom is 0.328 e. The van der Waals surface area contributed by atoms with Crippen molar-refractivity contribution in [1.82, 2.24) is 0 Å². The van der Waals surface area contributed by atoms with Gasteiger partial charge in [-0.15, -0.1) is 0 Å². The molecule has 0 aliphatic heterocycles. The first-order valence-electron chi connectivity index (χ1n) is 15.9. The highest BCUT2D eigenvalue weighted by Crippen LogP contribution is 2.47. The summed E-state index contributed by atoms with van der Waals surface area (Å²) in [5.74, 6) is -3.26. The van der Waals surface area contributed by atoms with Crippen LogP contribution in [-0.4, -0.2) is 39.9 Å². The number of aliphatic carboxylic acids is 2. The average molecular weight is 577 g/mol. The van der Waals surface area contributed by atoms with E-state index in [1.807, 2.05) is 0 Å². The molecule has 232 valence electrons. The van der Waals surface area contributed by atoms with Gasteiger partial charge in [0.1, 0.15) is 5.41 Å². The zero-order chi connectivity index (χ0) is 29.6. The number of carboxylic acids is 2. The second-order valence-corrected chi connectivity index (χ2v) is 13.5. The van der Waals surface area contributed by atoms with Crippen LogP contribution < -0.4 is 0 Å².